The third kappa shape index (κ3) is 6.40. The van der Waals surface area contributed by atoms with Crippen molar-refractivity contribution in [3.63, 3.8) is 0 Å². The van der Waals surface area contributed by atoms with Gasteiger partial charge in [-0.25, -0.2) is 19.3 Å². The van der Waals surface area contributed by atoms with E-state index in [0.717, 1.165) is 36.6 Å². The first-order valence-corrected chi connectivity index (χ1v) is 11.0. The molecular formula is C24H25ClFN7. The molecule has 0 aliphatic rings. The van der Waals surface area contributed by atoms with Gasteiger partial charge >= 0.3 is 0 Å². The predicted molar refractivity (Wildman–Crippen MR) is 132 cm³/mol. The molecule has 0 saturated carbocycles. The second-order valence-corrected chi connectivity index (χ2v) is 7.80. The Hall–Kier alpha value is -3.70. The number of hydrogen-bond donors (Lipinski definition) is 3. The van der Waals surface area contributed by atoms with E-state index in [-0.39, 0.29) is 16.3 Å². The summed E-state index contributed by atoms with van der Waals surface area (Å²) in [5.74, 6) is 1.17. The van der Waals surface area contributed by atoms with Crippen molar-refractivity contribution in [3.8, 4) is 6.07 Å². The molecule has 0 bridgehead atoms. The maximum Gasteiger partial charge on any atom is 0.149 e. The van der Waals surface area contributed by atoms with Gasteiger partial charge < -0.3 is 16.0 Å². The van der Waals surface area contributed by atoms with Crippen LogP contribution < -0.4 is 16.0 Å². The van der Waals surface area contributed by atoms with Crippen molar-refractivity contribution in [1.29, 1.82) is 5.26 Å². The fourth-order valence-electron chi connectivity index (χ4n) is 2.92. The molecule has 33 heavy (non-hydrogen) atoms. The first-order chi connectivity index (χ1) is 15.9. The lowest BCUT2D eigenvalue weighted by atomic mass is 10.1. The van der Waals surface area contributed by atoms with Gasteiger partial charge in [-0.3, -0.25) is 0 Å². The highest BCUT2D eigenvalue weighted by Crippen LogP contribution is 2.33. The number of hydrogen-bond acceptors (Lipinski definition) is 7. The van der Waals surface area contributed by atoms with Crippen molar-refractivity contribution in [1.82, 2.24) is 15.0 Å². The zero-order valence-corrected chi connectivity index (χ0v) is 19.5. The molecule has 9 heteroatoms. The summed E-state index contributed by atoms with van der Waals surface area (Å²) >= 11 is 6.25. The lowest BCUT2D eigenvalue weighted by Crippen LogP contribution is -2.04. The van der Waals surface area contributed by atoms with Crippen LogP contribution in [0.25, 0.3) is 6.08 Å². The van der Waals surface area contributed by atoms with Crippen LogP contribution >= 0.6 is 11.6 Å². The molecule has 0 spiro atoms. The van der Waals surface area contributed by atoms with E-state index in [1.807, 2.05) is 19.1 Å². The standard InChI is InChI=1S/C24H25ClFN7/c1-4-6-28-21-11-23(31-14-30-21)33-22-10-20(17(13-29-22)7-15(3)5-2)32-24-18(25)8-16(12-27)9-19(24)26/h7-11,13-14H,4-6H2,1-3H3,(H3,28,29,30,31,32,33). The minimum absolute atomic E-state index is 0.0877. The number of halogens is 2. The molecule has 3 aromatic rings. The molecule has 0 saturated heterocycles. The first kappa shape index (κ1) is 24.0. The van der Waals surface area contributed by atoms with Crippen LogP contribution in [0.3, 0.4) is 0 Å². The number of rotatable bonds is 9. The number of anilines is 5. The van der Waals surface area contributed by atoms with Gasteiger partial charge in [0.1, 0.15) is 29.6 Å². The van der Waals surface area contributed by atoms with E-state index in [9.17, 15) is 4.39 Å². The van der Waals surface area contributed by atoms with E-state index in [2.05, 4.69) is 44.7 Å². The zero-order valence-electron chi connectivity index (χ0n) is 18.7. The van der Waals surface area contributed by atoms with E-state index in [1.165, 1.54) is 12.4 Å². The summed E-state index contributed by atoms with van der Waals surface area (Å²) in [6, 6.07) is 8.01. The average Bonchev–Trinajstić information content (AvgIpc) is 2.81. The Bertz CT molecular complexity index is 1180. The summed E-state index contributed by atoms with van der Waals surface area (Å²) in [7, 11) is 0. The monoisotopic (exact) mass is 465 g/mol. The third-order valence-electron chi connectivity index (χ3n) is 4.80. The molecule has 3 N–H and O–H groups in total. The van der Waals surface area contributed by atoms with Crippen LogP contribution in [0.2, 0.25) is 5.02 Å². The van der Waals surface area contributed by atoms with E-state index in [4.69, 9.17) is 16.9 Å². The second kappa shape index (κ2) is 11.2. The van der Waals surface area contributed by atoms with Crippen molar-refractivity contribution in [2.75, 3.05) is 22.5 Å². The number of benzene rings is 1. The Morgan fingerprint density at radius 1 is 1.09 bits per heavy atom. The smallest absolute Gasteiger partial charge is 0.149 e. The van der Waals surface area contributed by atoms with Gasteiger partial charge in [0.2, 0.25) is 0 Å². The Kier molecular flexibility index (Phi) is 8.17. The van der Waals surface area contributed by atoms with E-state index in [0.29, 0.717) is 23.1 Å². The first-order valence-electron chi connectivity index (χ1n) is 10.6. The summed E-state index contributed by atoms with van der Waals surface area (Å²) in [5.41, 5.74) is 2.74. The van der Waals surface area contributed by atoms with Crippen molar-refractivity contribution in [2.24, 2.45) is 0 Å². The maximum absolute atomic E-state index is 14.7. The van der Waals surface area contributed by atoms with Crippen LogP contribution in [0.15, 0.2) is 42.4 Å². The predicted octanol–water partition coefficient (Wildman–Crippen LogP) is 6.66. The van der Waals surface area contributed by atoms with Crippen LogP contribution in [0.5, 0.6) is 0 Å². The molecule has 0 fully saturated rings. The maximum atomic E-state index is 14.7. The topological polar surface area (TPSA) is 98.5 Å². The molecule has 1 aromatic carbocycles. The van der Waals surface area contributed by atoms with Crippen molar-refractivity contribution in [3.05, 3.63) is 64.3 Å². The van der Waals surface area contributed by atoms with E-state index >= 15 is 0 Å². The summed E-state index contributed by atoms with van der Waals surface area (Å²) in [6.07, 6.45) is 6.97. The van der Waals surface area contributed by atoms with Gasteiger partial charge in [-0.05, 0) is 31.9 Å². The minimum atomic E-state index is -0.616. The van der Waals surface area contributed by atoms with Gasteiger partial charge in [-0.1, -0.05) is 37.1 Å². The van der Waals surface area contributed by atoms with Crippen LogP contribution in [0.1, 0.15) is 44.7 Å². The normalized spacial score (nSPS) is 11.1. The van der Waals surface area contributed by atoms with Crippen LogP contribution in [-0.2, 0) is 0 Å². The quantitative estimate of drug-likeness (QED) is 0.325. The molecule has 0 atom stereocenters. The lowest BCUT2D eigenvalue weighted by molar-refractivity contribution is 0.631. The zero-order chi connectivity index (χ0) is 23.8. The summed E-state index contributed by atoms with van der Waals surface area (Å²) in [6.45, 7) is 6.94. The molecule has 170 valence electrons. The molecule has 7 nitrogen and oxygen atoms in total. The Labute approximate surface area is 197 Å². The summed E-state index contributed by atoms with van der Waals surface area (Å²) < 4.78 is 14.7. The van der Waals surface area contributed by atoms with Crippen LogP contribution in [0.4, 0.5) is 33.2 Å². The molecule has 3 rings (SSSR count). The van der Waals surface area contributed by atoms with E-state index < -0.39 is 5.82 Å². The number of pyridine rings is 1. The van der Waals surface area contributed by atoms with Gasteiger partial charge in [-0.15, -0.1) is 0 Å². The molecule has 2 heterocycles. The van der Waals surface area contributed by atoms with Crippen LogP contribution in [0, 0.1) is 17.1 Å². The molecule has 0 aliphatic heterocycles. The molecule has 0 unspecified atom stereocenters. The fourth-order valence-corrected chi connectivity index (χ4v) is 3.18. The van der Waals surface area contributed by atoms with Crippen molar-refractivity contribution in [2.45, 2.75) is 33.6 Å². The van der Waals surface area contributed by atoms with Gasteiger partial charge in [0.15, 0.2) is 0 Å². The number of allylic oxidation sites excluding steroid dienone is 1. The highest BCUT2D eigenvalue weighted by molar-refractivity contribution is 6.33. The molecule has 0 aliphatic carbocycles. The largest absolute Gasteiger partial charge is 0.370 e. The fraction of sp³-hybridized carbons (Fsp3) is 0.250. The van der Waals surface area contributed by atoms with Crippen molar-refractivity contribution < 1.29 is 4.39 Å². The summed E-state index contributed by atoms with van der Waals surface area (Å²) in [4.78, 5) is 12.9. The Balaban J connectivity index is 1.96. The van der Waals surface area contributed by atoms with Crippen molar-refractivity contribution >= 4 is 46.5 Å². The Morgan fingerprint density at radius 3 is 2.55 bits per heavy atom. The van der Waals surface area contributed by atoms with Gasteiger partial charge in [0.25, 0.3) is 0 Å². The molecule has 2 aromatic heterocycles. The van der Waals surface area contributed by atoms with Gasteiger partial charge in [0.05, 0.1) is 28.0 Å². The Morgan fingerprint density at radius 2 is 1.85 bits per heavy atom. The third-order valence-corrected chi connectivity index (χ3v) is 5.10. The number of nitrogens with one attached hydrogen (secondary N) is 3. The minimum Gasteiger partial charge on any atom is -0.370 e. The van der Waals surface area contributed by atoms with Crippen LogP contribution in [-0.4, -0.2) is 21.5 Å². The lowest BCUT2D eigenvalue weighted by Gasteiger charge is -2.15. The van der Waals surface area contributed by atoms with E-state index in [1.54, 1.807) is 18.3 Å². The van der Waals surface area contributed by atoms with Gasteiger partial charge in [-0.2, -0.15) is 5.26 Å². The molecular weight excluding hydrogens is 441 g/mol. The summed E-state index contributed by atoms with van der Waals surface area (Å²) in [5, 5.41) is 18.6. The number of aromatic nitrogens is 3. The highest BCUT2D eigenvalue weighted by Gasteiger charge is 2.13. The SMILES string of the molecule is CCCNc1cc(Nc2cc(Nc3c(F)cc(C#N)cc3Cl)c(C=C(C)CC)cn2)ncn1. The second-order valence-electron chi connectivity index (χ2n) is 7.39. The highest BCUT2D eigenvalue weighted by atomic mass is 35.5. The number of nitriles is 1. The average molecular weight is 466 g/mol. The molecule has 0 amide bonds. The molecule has 0 radical (unpaired) electrons. The van der Waals surface area contributed by atoms with Gasteiger partial charge in [0, 0.05) is 30.4 Å². The number of nitrogens with zero attached hydrogens (tertiary/aromatic N) is 4.